The number of aromatic hydroxyl groups is 1. The molecule has 0 aliphatic carbocycles. The molecule has 0 unspecified atom stereocenters. The molecule has 0 aliphatic heterocycles. The molecule has 0 heterocycles. The molecule has 35 heavy (non-hydrogen) atoms. The van der Waals surface area contributed by atoms with Crippen LogP contribution in [0.15, 0.2) is 30.3 Å². The van der Waals surface area contributed by atoms with Gasteiger partial charge >= 0.3 is 0 Å². The van der Waals surface area contributed by atoms with Crippen LogP contribution in [0.1, 0.15) is 81.8 Å². The van der Waals surface area contributed by atoms with Crippen molar-refractivity contribution in [3.63, 3.8) is 0 Å². The number of nitrogens with two attached hydrogens (primary N) is 1. The van der Waals surface area contributed by atoms with Crippen molar-refractivity contribution in [2.75, 3.05) is 19.8 Å². The minimum atomic E-state index is -0.866. The number of carbonyl (C=O) groups excluding carboxylic acids is 2. The Morgan fingerprint density at radius 2 is 1.51 bits per heavy atom. The van der Waals surface area contributed by atoms with Gasteiger partial charge in [-0.2, -0.15) is 0 Å². The lowest BCUT2D eigenvalue weighted by Gasteiger charge is -2.23. The summed E-state index contributed by atoms with van der Waals surface area (Å²) in [7, 11) is 0. The van der Waals surface area contributed by atoms with Gasteiger partial charge in [-0.15, -0.1) is 0 Å². The molecule has 0 bridgehead atoms. The number of carbonyl (C=O) groups is 2. The molecule has 192 valence electrons. The van der Waals surface area contributed by atoms with Gasteiger partial charge in [-0.3, -0.25) is 9.59 Å². The molecule has 7 nitrogen and oxygen atoms in total. The van der Waals surface area contributed by atoms with Crippen LogP contribution in [0.4, 0.5) is 0 Å². The van der Waals surface area contributed by atoms with Crippen LogP contribution in [0, 0.1) is 0 Å². The fraction of sp³-hybridized carbons (Fsp3) is 0.500. The van der Waals surface area contributed by atoms with E-state index in [0.717, 1.165) is 24.8 Å². The number of primary amides is 1. The lowest BCUT2D eigenvalue weighted by molar-refractivity contribution is -0.122. The summed E-state index contributed by atoms with van der Waals surface area (Å²) in [6.07, 6.45) is 3.97. The van der Waals surface area contributed by atoms with E-state index in [1.54, 1.807) is 26.0 Å². The maximum Gasteiger partial charge on any atom is 0.227 e. The number of benzene rings is 2. The highest BCUT2D eigenvalue weighted by molar-refractivity contribution is 5.97. The van der Waals surface area contributed by atoms with Crippen LogP contribution in [-0.2, 0) is 16.6 Å². The van der Waals surface area contributed by atoms with Crippen molar-refractivity contribution in [2.24, 2.45) is 5.73 Å². The van der Waals surface area contributed by atoms with Crippen molar-refractivity contribution >= 4 is 11.7 Å². The van der Waals surface area contributed by atoms with E-state index in [4.69, 9.17) is 19.9 Å². The Morgan fingerprint density at radius 3 is 2.06 bits per heavy atom. The smallest absolute Gasteiger partial charge is 0.227 e. The van der Waals surface area contributed by atoms with Gasteiger partial charge in [-0.05, 0) is 63.4 Å². The van der Waals surface area contributed by atoms with Gasteiger partial charge in [0, 0.05) is 18.1 Å². The summed E-state index contributed by atoms with van der Waals surface area (Å²) in [5.41, 5.74) is 6.44. The summed E-state index contributed by atoms with van der Waals surface area (Å²) in [5, 5.41) is 10.5. The zero-order chi connectivity index (χ0) is 26.0. The molecule has 0 saturated carbocycles. The van der Waals surface area contributed by atoms with Crippen LogP contribution in [0.3, 0.4) is 0 Å². The van der Waals surface area contributed by atoms with E-state index in [1.165, 1.54) is 6.92 Å². The van der Waals surface area contributed by atoms with E-state index in [2.05, 4.69) is 6.92 Å². The topological polar surface area (TPSA) is 108 Å². The highest BCUT2D eigenvalue weighted by Gasteiger charge is 2.28. The number of ether oxygens (including phenoxy) is 3. The molecular formula is C28H39NO6. The van der Waals surface area contributed by atoms with Crippen molar-refractivity contribution < 1.29 is 28.9 Å². The number of rotatable bonds is 15. The Labute approximate surface area is 208 Å². The highest BCUT2D eigenvalue weighted by atomic mass is 16.5. The minimum absolute atomic E-state index is 0.00224. The van der Waals surface area contributed by atoms with Crippen LogP contribution in [0.5, 0.6) is 23.0 Å². The summed E-state index contributed by atoms with van der Waals surface area (Å²) >= 11 is 0. The first-order chi connectivity index (χ1) is 16.6. The minimum Gasteiger partial charge on any atom is -0.507 e. The van der Waals surface area contributed by atoms with Crippen LogP contribution < -0.4 is 19.9 Å². The Kier molecular flexibility index (Phi) is 10.4. The maximum atomic E-state index is 12.0. The summed E-state index contributed by atoms with van der Waals surface area (Å²) < 4.78 is 17.7. The number of ketones is 1. The molecule has 0 spiro atoms. The molecule has 3 N–H and O–H groups in total. The molecule has 1 amide bonds. The molecule has 2 aromatic rings. The van der Waals surface area contributed by atoms with Crippen molar-refractivity contribution in [2.45, 2.75) is 72.1 Å². The molecule has 0 atom stereocenters. The van der Waals surface area contributed by atoms with Crippen LogP contribution >= 0.6 is 0 Å². The molecular weight excluding hydrogens is 446 g/mol. The third-order valence-corrected chi connectivity index (χ3v) is 5.92. The third-order valence-electron chi connectivity index (χ3n) is 5.92. The molecule has 0 saturated heterocycles. The SMILES string of the molecule is CCCCOc1cc(OCCCOc2ccc(C(C)=O)c(O)c2CCC)cc(C(C)(C)C(N)=O)c1. The predicted molar refractivity (Wildman–Crippen MR) is 137 cm³/mol. The normalized spacial score (nSPS) is 11.2. The van der Waals surface area contributed by atoms with E-state index < -0.39 is 11.3 Å². The van der Waals surface area contributed by atoms with E-state index in [9.17, 15) is 14.7 Å². The summed E-state index contributed by atoms with van der Waals surface area (Å²) in [5.74, 6) is 1.20. The zero-order valence-electron chi connectivity index (χ0n) is 21.6. The summed E-state index contributed by atoms with van der Waals surface area (Å²) in [6, 6.07) is 8.79. The first-order valence-electron chi connectivity index (χ1n) is 12.3. The predicted octanol–water partition coefficient (Wildman–Crippen LogP) is 5.34. The van der Waals surface area contributed by atoms with Gasteiger partial charge in [0.25, 0.3) is 0 Å². The van der Waals surface area contributed by atoms with Gasteiger partial charge in [0.05, 0.1) is 30.8 Å². The largest absolute Gasteiger partial charge is 0.507 e. The lowest BCUT2D eigenvalue weighted by Crippen LogP contribution is -2.35. The molecule has 2 rings (SSSR count). The van der Waals surface area contributed by atoms with Gasteiger partial charge in [0.1, 0.15) is 23.0 Å². The quantitative estimate of drug-likeness (QED) is 0.260. The van der Waals surface area contributed by atoms with Crippen LogP contribution in [0.25, 0.3) is 0 Å². The van der Waals surface area contributed by atoms with Gasteiger partial charge in [-0.1, -0.05) is 26.7 Å². The number of hydrogen-bond acceptors (Lipinski definition) is 6. The van der Waals surface area contributed by atoms with Crippen molar-refractivity contribution in [1.82, 2.24) is 0 Å². The summed E-state index contributed by atoms with van der Waals surface area (Å²) in [4.78, 5) is 23.7. The Bertz CT molecular complexity index is 1010. The molecule has 0 fully saturated rings. The second kappa shape index (κ2) is 13.0. The standard InChI is InChI=1S/C28H39NO6/c1-6-8-13-33-21-16-20(28(4,5)27(29)32)17-22(18-21)34-14-9-15-35-25-12-11-23(19(3)30)26(31)24(25)10-7-2/h11-12,16-18,31H,6-10,13-15H2,1-5H3,(H2,29,32). The van der Waals surface area contributed by atoms with Crippen LogP contribution in [0.2, 0.25) is 0 Å². The number of phenolic OH excluding ortho intramolecular Hbond substituents is 1. The first kappa shape index (κ1) is 28.0. The number of hydrogen-bond donors (Lipinski definition) is 2. The number of unbranched alkanes of at least 4 members (excludes halogenated alkanes) is 1. The van der Waals surface area contributed by atoms with Crippen molar-refractivity contribution in [1.29, 1.82) is 0 Å². The van der Waals surface area contributed by atoms with Crippen LogP contribution in [-0.4, -0.2) is 36.6 Å². The highest BCUT2D eigenvalue weighted by Crippen LogP contribution is 2.34. The Balaban J connectivity index is 2.05. The number of Topliss-reactive ketones (excluding diaryl/α,β-unsaturated/α-hetero) is 1. The van der Waals surface area contributed by atoms with Gasteiger partial charge in [0.15, 0.2) is 5.78 Å². The zero-order valence-corrected chi connectivity index (χ0v) is 21.6. The Morgan fingerprint density at radius 1 is 0.914 bits per heavy atom. The second-order valence-corrected chi connectivity index (χ2v) is 9.18. The third kappa shape index (κ3) is 7.64. The Hall–Kier alpha value is -3.22. The van der Waals surface area contributed by atoms with Crippen molar-refractivity contribution in [3.05, 3.63) is 47.0 Å². The van der Waals surface area contributed by atoms with E-state index >= 15 is 0 Å². The molecule has 0 radical (unpaired) electrons. The molecule has 7 heteroatoms. The average Bonchev–Trinajstić information content (AvgIpc) is 2.80. The maximum absolute atomic E-state index is 12.0. The molecule has 2 aromatic carbocycles. The number of phenols is 1. The van der Waals surface area contributed by atoms with E-state index in [-0.39, 0.29) is 11.5 Å². The fourth-order valence-corrected chi connectivity index (χ4v) is 3.54. The van der Waals surface area contributed by atoms with Gasteiger partial charge < -0.3 is 25.1 Å². The van der Waals surface area contributed by atoms with E-state index in [0.29, 0.717) is 61.0 Å². The average molecular weight is 486 g/mol. The van der Waals surface area contributed by atoms with E-state index in [1.807, 2.05) is 25.1 Å². The number of amides is 1. The van der Waals surface area contributed by atoms with Crippen molar-refractivity contribution in [3.8, 4) is 23.0 Å². The van der Waals surface area contributed by atoms with Gasteiger partial charge in [0.2, 0.25) is 5.91 Å². The molecule has 0 aromatic heterocycles. The monoisotopic (exact) mass is 485 g/mol. The second-order valence-electron chi connectivity index (χ2n) is 9.18. The summed E-state index contributed by atoms with van der Waals surface area (Å²) in [6.45, 7) is 10.4. The molecule has 0 aliphatic rings. The first-order valence-corrected chi connectivity index (χ1v) is 12.3. The van der Waals surface area contributed by atoms with Gasteiger partial charge in [-0.25, -0.2) is 0 Å². The lowest BCUT2D eigenvalue weighted by atomic mass is 9.84. The fourth-order valence-electron chi connectivity index (χ4n) is 3.54.